The number of imidazole rings is 1. The lowest BCUT2D eigenvalue weighted by Crippen LogP contribution is -1.79. The minimum absolute atomic E-state index is 0.202. The molecule has 0 aliphatic rings. The van der Waals surface area contributed by atoms with Crippen LogP contribution in [-0.2, 0) is 0 Å². The van der Waals surface area contributed by atoms with Crippen LogP contribution in [0.4, 0.5) is 4.39 Å². The van der Waals surface area contributed by atoms with Gasteiger partial charge >= 0.3 is 0 Å². The first kappa shape index (κ1) is 16.4. The maximum Gasteiger partial charge on any atom is 0.148 e. The van der Waals surface area contributed by atoms with Gasteiger partial charge in [0, 0.05) is 21.7 Å². The van der Waals surface area contributed by atoms with Crippen LogP contribution in [0.1, 0.15) is 24.4 Å². The summed E-state index contributed by atoms with van der Waals surface area (Å²) < 4.78 is 14.0. The van der Waals surface area contributed by atoms with Crippen LogP contribution in [0.3, 0.4) is 0 Å². The molecule has 3 aromatic rings. The molecule has 0 saturated carbocycles. The fraction of sp³-hybridized carbons (Fsp3) is 0.150. The van der Waals surface area contributed by atoms with E-state index in [1.54, 1.807) is 13.0 Å². The molecule has 0 aliphatic heterocycles. The van der Waals surface area contributed by atoms with E-state index in [-0.39, 0.29) is 5.83 Å². The van der Waals surface area contributed by atoms with Crippen molar-refractivity contribution >= 4 is 16.9 Å². The second kappa shape index (κ2) is 6.97. The van der Waals surface area contributed by atoms with E-state index in [0.717, 1.165) is 32.5 Å². The fourth-order valence-electron chi connectivity index (χ4n) is 2.51. The second-order valence-corrected chi connectivity index (χ2v) is 6.65. The molecule has 0 aliphatic carbocycles. The van der Waals surface area contributed by atoms with Crippen LogP contribution >= 0.6 is 11.3 Å². The van der Waals surface area contributed by atoms with Crippen molar-refractivity contribution in [3.8, 4) is 22.0 Å². The molecule has 0 bridgehead atoms. The summed E-state index contributed by atoms with van der Waals surface area (Å²) in [7, 11) is 0. The van der Waals surface area contributed by atoms with Gasteiger partial charge in [-0.25, -0.2) is 9.37 Å². The third kappa shape index (κ3) is 3.24. The molecule has 2 heterocycles. The van der Waals surface area contributed by atoms with Crippen molar-refractivity contribution in [1.29, 1.82) is 0 Å². The largest absolute Gasteiger partial charge is 0.341 e. The fourth-order valence-corrected chi connectivity index (χ4v) is 3.46. The van der Waals surface area contributed by atoms with Crippen molar-refractivity contribution in [2.24, 2.45) is 0 Å². The Hall–Kier alpha value is -2.46. The Bertz CT molecular complexity index is 901. The number of aromatic nitrogens is 2. The number of halogens is 1. The summed E-state index contributed by atoms with van der Waals surface area (Å²) in [5.41, 5.74) is 3.71. The van der Waals surface area contributed by atoms with Crippen molar-refractivity contribution < 1.29 is 4.39 Å². The zero-order valence-corrected chi connectivity index (χ0v) is 14.7. The SMILES string of the molecule is C/C=C\C(F)=C(/C)c1ccc(-c2nc(-c3ccccc3)c(C)[nH]2)s1. The van der Waals surface area contributed by atoms with Crippen LogP contribution in [0, 0.1) is 6.92 Å². The summed E-state index contributed by atoms with van der Waals surface area (Å²) in [6, 6.07) is 14.0. The first-order valence-corrected chi connectivity index (χ1v) is 8.63. The zero-order chi connectivity index (χ0) is 17.1. The van der Waals surface area contributed by atoms with Crippen molar-refractivity contribution in [3.63, 3.8) is 0 Å². The van der Waals surface area contributed by atoms with Gasteiger partial charge in [-0.2, -0.15) is 0 Å². The summed E-state index contributed by atoms with van der Waals surface area (Å²) in [6.45, 7) is 5.63. The first-order valence-electron chi connectivity index (χ1n) is 7.82. The van der Waals surface area contributed by atoms with Gasteiger partial charge < -0.3 is 4.98 Å². The number of hydrogen-bond acceptors (Lipinski definition) is 2. The van der Waals surface area contributed by atoms with Gasteiger partial charge in [0.1, 0.15) is 11.7 Å². The van der Waals surface area contributed by atoms with E-state index in [9.17, 15) is 4.39 Å². The summed E-state index contributed by atoms with van der Waals surface area (Å²) in [5, 5.41) is 0. The van der Waals surface area contributed by atoms with Crippen LogP contribution in [0.25, 0.3) is 27.5 Å². The number of nitrogens with one attached hydrogen (secondary N) is 1. The molecule has 0 fully saturated rings. The van der Waals surface area contributed by atoms with Gasteiger partial charge in [-0.05, 0) is 39.0 Å². The quantitative estimate of drug-likeness (QED) is 0.549. The molecule has 0 unspecified atom stereocenters. The summed E-state index contributed by atoms with van der Waals surface area (Å²) in [5.74, 6) is 0.619. The number of nitrogens with zero attached hydrogens (tertiary/aromatic N) is 1. The lowest BCUT2D eigenvalue weighted by Gasteiger charge is -1.97. The van der Waals surface area contributed by atoms with Gasteiger partial charge in [0.15, 0.2) is 0 Å². The smallest absolute Gasteiger partial charge is 0.148 e. The third-order valence-electron chi connectivity index (χ3n) is 3.81. The number of aromatic amines is 1. The molecule has 2 aromatic heterocycles. The Kier molecular flexibility index (Phi) is 4.76. The Balaban J connectivity index is 1.96. The molecule has 0 radical (unpaired) electrons. The van der Waals surface area contributed by atoms with E-state index >= 15 is 0 Å². The Labute approximate surface area is 145 Å². The van der Waals surface area contributed by atoms with E-state index in [0.29, 0.717) is 5.57 Å². The van der Waals surface area contributed by atoms with Gasteiger partial charge in [-0.3, -0.25) is 0 Å². The lowest BCUT2D eigenvalue weighted by atomic mass is 10.1. The molecule has 0 atom stereocenters. The Morgan fingerprint density at radius 1 is 1.17 bits per heavy atom. The molecule has 1 N–H and O–H groups in total. The number of hydrogen-bond donors (Lipinski definition) is 1. The number of benzene rings is 1. The maximum atomic E-state index is 14.0. The zero-order valence-electron chi connectivity index (χ0n) is 13.9. The van der Waals surface area contributed by atoms with E-state index in [1.807, 2.05) is 56.3 Å². The lowest BCUT2D eigenvalue weighted by molar-refractivity contribution is 0.669. The second-order valence-electron chi connectivity index (χ2n) is 5.56. The van der Waals surface area contributed by atoms with Gasteiger partial charge in [0.2, 0.25) is 0 Å². The molecule has 3 rings (SSSR count). The number of H-pyrrole nitrogens is 1. The minimum Gasteiger partial charge on any atom is -0.341 e. The first-order chi connectivity index (χ1) is 11.6. The summed E-state index contributed by atoms with van der Waals surface area (Å²) in [4.78, 5) is 9.99. The highest BCUT2D eigenvalue weighted by molar-refractivity contribution is 7.16. The summed E-state index contributed by atoms with van der Waals surface area (Å²) in [6.07, 6.45) is 3.19. The van der Waals surface area contributed by atoms with E-state index < -0.39 is 0 Å². The molecule has 24 heavy (non-hydrogen) atoms. The van der Waals surface area contributed by atoms with Gasteiger partial charge in [-0.1, -0.05) is 36.4 Å². The molecule has 1 aromatic carbocycles. The molecular formula is C20H19FN2S. The van der Waals surface area contributed by atoms with Gasteiger partial charge in [0.05, 0.1) is 10.6 Å². The van der Waals surface area contributed by atoms with Crippen molar-refractivity contribution in [2.75, 3.05) is 0 Å². The number of allylic oxidation sites excluding steroid dienone is 4. The molecule has 122 valence electrons. The van der Waals surface area contributed by atoms with E-state index in [1.165, 1.54) is 17.4 Å². The number of aryl methyl sites for hydroxylation is 1. The maximum absolute atomic E-state index is 14.0. The average molecular weight is 338 g/mol. The Morgan fingerprint density at radius 2 is 1.92 bits per heavy atom. The highest BCUT2D eigenvalue weighted by Crippen LogP contribution is 2.34. The summed E-state index contributed by atoms with van der Waals surface area (Å²) >= 11 is 1.54. The Morgan fingerprint density at radius 3 is 2.62 bits per heavy atom. The molecule has 0 spiro atoms. The topological polar surface area (TPSA) is 28.7 Å². The predicted octanol–water partition coefficient (Wildman–Crippen LogP) is 6.39. The van der Waals surface area contributed by atoms with Gasteiger partial charge in [-0.15, -0.1) is 11.3 Å². The standard InChI is InChI=1S/C20H19FN2S/c1-4-8-16(21)13(2)17-11-12-18(24-17)20-22-14(3)19(23-20)15-9-6-5-7-10-15/h4-12H,1-3H3,(H,22,23)/b8-4-,16-13-. The van der Waals surface area contributed by atoms with Crippen LogP contribution in [0.5, 0.6) is 0 Å². The third-order valence-corrected chi connectivity index (χ3v) is 5.02. The van der Waals surface area contributed by atoms with Crippen molar-refractivity contribution in [2.45, 2.75) is 20.8 Å². The molecular weight excluding hydrogens is 319 g/mol. The average Bonchev–Trinajstić information content (AvgIpc) is 3.22. The van der Waals surface area contributed by atoms with Crippen LogP contribution in [0.2, 0.25) is 0 Å². The normalized spacial score (nSPS) is 12.7. The highest BCUT2D eigenvalue weighted by atomic mass is 32.1. The molecule has 4 heteroatoms. The number of rotatable bonds is 4. The molecule has 2 nitrogen and oxygen atoms in total. The van der Waals surface area contributed by atoms with Crippen molar-refractivity contribution in [3.05, 3.63) is 71.0 Å². The van der Waals surface area contributed by atoms with Crippen LogP contribution < -0.4 is 0 Å². The molecule has 0 saturated heterocycles. The minimum atomic E-state index is -0.202. The monoisotopic (exact) mass is 338 g/mol. The van der Waals surface area contributed by atoms with E-state index in [4.69, 9.17) is 4.98 Å². The van der Waals surface area contributed by atoms with Crippen LogP contribution in [-0.4, -0.2) is 9.97 Å². The van der Waals surface area contributed by atoms with Crippen LogP contribution in [0.15, 0.2) is 60.4 Å². The highest BCUT2D eigenvalue weighted by Gasteiger charge is 2.13. The van der Waals surface area contributed by atoms with E-state index in [2.05, 4.69) is 4.98 Å². The number of thiophene rings is 1. The van der Waals surface area contributed by atoms with Crippen molar-refractivity contribution in [1.82, 2.24) is 9.97 Å². The predicted molar refractivity (Wildman–Crippen MR) is 101 cm³/mol. The molecule has 0 amide bonds. The van der Waals surface area contributed by atoms with Gasteiger partial charge in [0.25, 0.3) is 0 Å².